The summed E-state index contributed by atoms with van der Waals surface area (Å²) in [4.78, 5) is 0. The highest BCUT2D eigenvalue weighted by molar-refractivity contribution is 7.90. The van der Waals surface area contributed by atoms with Crippen molar-refractivity contribution >= 4 is 20.8 Å². The molecular formula is C14H19NO3S. The van der Waals surface area contributed by atoms with Crippen LogP contribution in [0.2, 0.25) is 0 Å². The van der Waals surface area contributed by atoms with Crippen molar-refractivity contribution in [1.82, 2.24) is 5.32 Å². The molecule has 1 unspecified atom stereocenters. The van der Waals surface area contributed by atoms with Gasteiger partial charge in [-0.15, -0.1) is 0 Å². The number of fused-ring (bicyclic) bond motifs is 1. The zero-order valence-electron chi connectivity index (χ0n) is 11.4. The average Bonchev–Trinajstić information content (AvgIpc) is 2.73. The molecule has 0 spiro atoms. The first-order chi connectivity index (χ1) is 8.96. The first kappa shape index (κ1) is 14.1. The van der Waals surface area contributed by atoms with Crippen LogP contribution in [0.1, 0.15) is 24.3 Å². The highest BCUT2D eigenvalue weighted by Gasteiger charge is 2.23. The van der Waals surface area contributed by atoms with Gasteiger partial charge in [-0.3, -0.25) is 0 Å². The fraction of sp³-hybridized carbons (Fsp3) is 0.429. The van der Waals surface area contributed by atoms with E-state index in [1.54, 1.807) is 7.05 Å². The Morgan fingerprint density at radius 1 is 1.32 bits per heavy atom. The van der Waals surface area contributed by atoms with E-state index in [4.69, 9.17) is 4.42 Å². The van der Waals surface area contributed by atoms with E-state index in [1.165, 1.54) is 6.26 Å². The number of nitrogens with one attached hydrogen (secondary N) is 1. The number of hydrogen-bond donors (Lipinski definition) is 1. The van der Waals surface area contributed by atoms with Crippen molar-refractivity contribution in [1.29, 1.82) is 0 Å². The molecule has 104 valence electrons. The minimum atomic E-state index is -3.06. The molecule has 0 saturated carbocycles. The summed E-state index contributed by atoms with van der Waals surface area (Å²) in [6, 6.07) is 7.49. The van der Waals surface area contributed by atoms with E-state index in [2.05, 4.69) is 5.32 Å². The lowest BCUT2D eigenvalue weighted by Gasteiger charge is -2.15. The first-order valence-electron chi connectivity index (χ1n) is 6.31. The molecule has 2 aromatic rings. The van der Waals surface area contributed by atoms with Crippen molar-refractivity contribution in [3.8, 4) is 0 Å². The minimum absolute atomic E-state index is 0.0695. The van der Waals surface area contributed by atoms with Crippen LogP contribution < -0.4 is 5.32 Å². The van der Waals surface area contributed by atoms with E-state index < -0.39 is 9.84 Å². The topological polar surface area (TPSA) is 59.3 Å². The van der Waals surface area contributed by atoms with Gasteiger partial charge >= 0.3 is 0 Å². The van der Waals surface area contributed by atoms with Crippen molar-refractivity contribution < 1.29 is 12.8 Å². The summed E-state index contributed by atoms with van der Waals surface area (Å²) in [5.74, 6) is 0.921. The summed E-state index contributed by atoms with van der Waals surface area (Å²) in [6.07, 6.45) is 2.00. The Kier molecular flexibility index (Phi) is 3.96. The zero-order chi connectivity index (χ0) is 14.0. The number of sulfone groups is 1. The summed E-state index contributed by atoms with van der Waals surface area (Å²) in [5.41, 5.74) is 1.77. The van der Waals surface area contributed by atoms with Crippen molar-refractivity contribution in [2.24, 2.45) is 0 Å². The Morgan fingerprint density at radius 2 is 2.00 bits per heavy atom. The van der Waals surface area contributed by atoms with E-state index in [0.29, 0.717) is 0 Å². The van der Waals surface area contributed by atoms with Gasteiger partial charge in [0.25, 0.3) is 0 Å². The average molecular weight is 281 g/mol. The Bertz CT molecular complexity index is 673. The quantitative estimate of drug-likeness (QED) is 0.913. The van der Waals surface area contributed by atoms with Gasteiger partial charge in [-0.05, 0) is 13.1 Å². The van der Waals surface area contributed by atoms with Crippen molar-refractivity contribution in [2.75, 3.05) is 19.1 Å². The SMILES string of the molecule is CCc1oc2ccccc2c1C(CS(C)(=O)=O)NC. The molecule has 0 bridgehead atoms. The van der Waals surface area contributed by atoms with Crippen molar-refractivity contribution in [2.45, 2.75) is 19.4 Å². The first-order valence-corrected chi connectivity index (χ1v) is 8.37. The molecule has 1 N–H and O–H groups in total. The molecule has 0 fully saturated rings. The summed E-state index contributed by atoms with van der Waals surface area (Å²) >= 11 is 0. The van der Waals surface area contributed by atoms with Crippen LogP contribution >= 0.6 is 0 Å². The number of benzene rings is 1. The van der Waals surface area contributed by atoms with Crippen LogP contribution in [0.5, 0.6) is 0 Å². The molecule has 1 heterocycles. The van der Waals surface area contributed by atoms with Gasteiger partial charge in [-0.25, -0.2) is 8.42 Å². The smallest absolute Gasteiger partial charge is 0.149 e. The third-order valence-electron chi connectivity index (χ3n) is 3.20. The van der Waals surface area contributed by atoms with Gasteiger partial charge in [0, 0.05) is 29.7 Å². The second-order valence-electron chi connectivity index (χ2n) is 4.72. The van der Waals surface area contributed by atoms with Gasteiger partial charge in [0.15, 0.2) is 0 Å². The Morgan fingerprint density at radius 3 is 2.58 bits per heavy atom. The molecular weight excluding hydrogens is 262 g/mol. The Balaban J connectivity index is 2.58. The summed E-state index contributed by atoms with van der Waals surface area (Å²) in [6.45, 7) is 2.01. The standard InChI is InChI=1S/C14H19NO3S/c1-4-12-14(11(15-2)9-19(3,16)17)10-7-5-6-8-13(10)18-12/h5-8,11,15H,4,9H2,1-3H3. The molecule has 1 aromatic carbocycles. The van der Waals surface area contributed by atoms with E-state index in [9.17, 15) is 8.42 Å². The predicted molar refractivity (Wildman–Crippen MR) is 77.1 cm³/mol. The van der Waals surface area contributed by atoms with Gasteiger partial charge in [0.05, 0.1) is 5.75 Å². The van der Waals surface area contributed by atoms with Crippen molar-refractivity contribution in [3.63, 3.8) is 0 Å². The maximum absolute atomic E-state index is 11.6. The molecule has 0 aliphatic rings. The minimum Gasteiger partial charge on any atom is -0.461 e. The fourth-order valence-corrected chi connectivity index (χ4v) is 3.31. The van der Waals surface area contributed by atoms with Gasteiger partial charge in [0.2, 0.25) is 0 Å². The highest BCUT2D eigenvalue weighted by atomic mass is 32.2. The summed E-state index contributed by atoms with van der Waals surface area (Å²) in [5, 5.41) is 4.08. The number of aryl methyl sites for hydroxylation is 1. The molecule has 0 aliphatic carbocycles. The fourth-order valence-electron chi connectivity index (χ4n) is 2.37. The van der Waals surface area contributed by atoms with Crippen LogP contribution in [-0.4, -0.2) is 27.5 Å². The molecule has 4 nitrogen and oxygen atoms in total. The predicted octanol–water partition coefficient (Wildman–Crippen LogP) is 2.30. The summed E-state index contributed by atoms with van der Waals surface area (Å²) < 4.78 is 28.9. The van der Waals surface area contributed by atoms with Gasteiger partial charge < -0.3 is 9.73 Å². The van der Waals surface area contributed by atoms with Crippen LogP contribution in [0.4, 0.5) is 0 Å². The number of furan rings is 1. The van der Waals surface area contributed by atoms with E-state index in [-0.39, 0.29) is 11.8 Å². The molecule has 19 heavy (non-hydrogen) atoms. The maximum atomic E-state index is 11.6. The van der Waals surface area contributed by atoms with E-state index in [1.807, 2.05) is 31.2 Å². The van der Waals surface area contributed by atoms with E-state index >= 15 is 0 Å². The number of para-hydroxylation sites is 1. The maximum Gasteiger partial charge on any atom is 0.149 e. The Labute approximate surface area is 113 Å². The van der Waals surface area contributed by atoms with Crippen molar-refractivity contribution in [3.05, 3.63) is 35.6 Å². The number of hydrogen-bond acceptors (Lipinski definition) is 4. The van der Waals surface area contributed by atoms with Crippen LogP contribution in [0.3, 0.4) is 0 Å². The van der Waals surface area contributed by atoms with Crippen LogP contribution in [-0.2, 0) is 16.3 Å². The second-order valence-corrected chi connectivity index (χ2v) is 6.91. The molecule has 5 heteroatoms. The lowest BCUT2D eigenvalue weighted by atomic mass is 10.0. The Hall–Kier alpha value is -1.33. The third-order valence-corrected chi connectivity index (χ3v) is 4.14. The molecule has 0 radical (unpaired) electrons. The zero-order valence-corrected chi connectivity index (χ0v) is 12.3. The molecule has 1 atom stereocenters. The van der Waals surface area contributed by atoms with Crippen LogP contribution in [0.25, 0.3) is 11.0 Å². The van der Waals surface area contributed by atoms with Gasteiger partial charge in [-0.1, -0.05) is 25.1 Å². The molecule has 1 aromatic heterocycles. The lowest BCUT2D eigenvalue weighted by Crippen LogP contribution is -2.25. The molecule has 2 rings (SSSR count). The molecule has 0 aliphatic heterocycles. The molecule has 0 saturated heterocycles. The van der Waals surface area contributed by atoms with E-state index in [0.717, 1.165) is 28.7 Å². The largest absolute Gasteiger partial charge is 0.461 e. The van der Waals surface area contributed by atoms with Gasteiger partial charge in [0.1, 0.15) is 21.2 Å². The monoisotopic (exact) mass is 281 g/mol. The number of rotatable bonds is 5. The lowest BCUT2D eigenvalue weighted by molar-refractivity contribution is 0.531. The normalized spacial score (nSPS) is 13.8. The summed E-state index contributed by atoms with van der Waals surface area (Å²) in [7, 11) is -1.28. The highest BCUT2D eigenvalue weighted by Crippen LogP contribution is 2.31. The van der Waals surface area contributed by atoms with Gasteiger partial charge in [-0.2, -0.15) is 0 Å². The third kappa shape index (κ3) is 2.98. The molecule has 0 amide bonds. The van der Waals surface area contributed by atoms with Crippen LogP contribution in [0, 0.1) is 0 Å². The van der Waals surface area contributed by atoms with Crippen LogP contribution in [0.15, 0.2) is 28.7 Å². The second kappa shape index (κ2) is 5.35.